The summed E-state index contributed by atoms with van der Waals surface area (Å²) in [5, 5.41) is 0. The smallest absolute Gasteiger partial charge is 0.240 e. The Kier molecular flexibility index (Phi) is 8.20. The summed E-state index contributed by atoms with van der Waals surface area (Å²) in [6.45, 7) is 4.18. The van der Waals surface area contributed by atoms with Crippen LogP contribution in [0.4, 0.5) is 0 Å². The number of hydrogen-bond acceptors (Lipinski definition) is 5. The molecule has 0 saturated heterocycles. The molecule has 2 fully saturated rings. The number of ether oxygens (including phenoxy) is 1. The summed E-state index contributed by atoms with van der Waals surface area (Å²) in [7, 11) is -7.20. The molecule has 0 bridgehead atoms. The Morgan fingerprint density at radius 1 is 0.600 bits per heavy atom. The third-order valence-electron chi connectivity index (χ3n) is 7.34. The summed E-state index contributed by atoms with van der Waals surface area (Å²) in [5.74, 6) is 1.60. The van der Waals surface area contributed by atoms with Crippen LogP contribution in [-0.4, -0.2) is 28.9 Å². The van der Waals surface area contributed by atoms with E-state index in [-0.39, 0.29) is 21.9 Å². The molecule has 0 spiro atoms. The molecule has 2 N–H and O–H groups in total. The van der Waals surface area contributed by atoms with Crippen LogP contribution in [0.25, 0.3) is 0 Å². The summed E-state index contributed by atoms with van der Waals surface area (Å²) < 4.78 is 62.7. The molecule has 7 nitrogen and oxygen atoms in total. The topological polar surface area (TPSA) is 102 Å². The highest BCUT2D eigenvalue weighted by atomic mass is 32.2. The highest BCUT2D eigenvalue weighted by Gasteiger charge is 2.28. The van der Waals surface area contributed by atoms with Gasteiger partial charge in [0.25, 0.3) is 0 Å². The first-order chi connectivity index (χ1) is 16.6. The highest BCUT2D eigenvalue weighted by molar-refractivity contribution is 7.89. The predicted molar refractivity (Wildman–Crippen MR) is 136 cm³/mol. The zero-order valence-corrected chi connectivity index (χ0v) is 22.1. The van der Waals surface area contributed by atoms with Crippen LogP contribution in [0.2, 0.25) is 0 Å². The lowest BCUT2D eigenvalue weighted by molar-refractivity contribution is 0.310. The second-order valence-electron chi connectivity index (χ2n) is 10.0. The first kappa shape index (κ1) is 26.1. The van der Waals surface area contributed by atoms with Gasteiger partial charge in [-0.05, 0) is 86.1 Å². The van der Waals surface area contributed by atoms with Gasteiger partial charge in [-0.2, -0.15) is 0 Å². The normalized spacial score (nSPS) is 25.8. The van der Waals surface area contributed by atoms with Crippen LogP contribution in [0.3, 0.4) is 0 Å². The maximum absolute atomic E-state index is 12.8. The van der Waals surface area contributed by atoms with Gasteiger partial charge in [0.05, 0.1) is 9.79 Å². The van der Waals surface area contributed by atoms with Crippen LogP contribution in [-0.2, 0) is 20.0 Å². The first-order valence-corrected chi connectivity index (χ1v) is 15.5. The van der Waals surface area contributed by atoms with Crippen molar-refractivity contribution in [3.63, 3.8) is 0 Å². The average Bonchev–Trinajstić information content (AvgIpc) is 2.83. The van der Waals surface area contributed by atoms with Gasteiger partial charge in [-0.3, -0.25) is 0 Å². The van der Waals surface area contributed by atoms with E-state index in [9.17, 15) is 16.8 Å². The first-order valence-electron chi connectivity index (χ1n) is 12.6. The van der Waals surface area contributed by atoms with Crippen molar-refractivity contribution in [2.45, 2.75) is 87.1 Å². The fourth-order valence-corrected chi connectivity index (χ4v) is 7.79. The molecular weight excluding hydrogens is 484 g/mol. The minimum atomic E-state index is -3.60. The van der Waals surface area contributed by atoms with E-state index in [1.54, 1.807) is 24.3 Å². The predicted octanol–water partition coefficient (Wildman–Crippen LogP) is 5.19. The number of rotatable bonds is 8. The van der Waals surface area contributed by atoms with Crippen LogP contribution in [0, 0.1) is 11.8 Å². The van der Waals surface area contributed by atoms with E-state index in [2.05, 4.69) is 23.3 Å². The maximum atomic E-state index is 12.8. The van der Waals surface area contributed by atoms with Crippen molar-refractivity contribution in [2.75, 3.05) is 0 Å². The molecule has 9 heteroatoms. The number of benzene rings is 2. The van der Waals surface area contributed by atoms with Gasteiger partial charge in [-0.15, -0.1) is 0 Å². The molecule has 0 heterocycles. The second kappa shape index (κ2) is 11.0. The van der Waals surface area contributed by atoms with Gasteiger partial charge in [0.15, 0.2) is 0 Å². The van der Waals surface area contributed by atoms with Crippen LogP contribution in [0.15, 0.2) is 58.3 Å². The molecule has 2 saturated carbocycles. The fourth-order valence-electron chi connectivity index (χ4n) is 5.03. The van der Waals surface area contributed by atoms with E-state index in [1.165, 1.54) is 24.3 Å². The van der Waals surface area contributed by atoms with Crippen LogP contribution in [0.5, 0.6) is 11.5 Å². The minimum absolute atomic E-state index is 0.0321. The summed E-state index contributed by atoms with van der Waals surface area (Å²) in [6.07, 6.45) is 8.18. The quantitative estimate of drug-likeness (QED) is 0.499. The Bertz CT molecular complexity index is 1100. The Balaban J connectivity index is 1.38. The standard InChI is InChI=1S/C26H36N2O5S2/c1-19-7-3-5-9-25(19)27-34(29,30)23-15-11-21(12-16-23)33-22-13-17-24(18-14-22)35(31,32)28-26-10-6-4-8-20(26)2/h11-20,25-28H,3-10H2,1-2H3. The van der Waals surface area contributed by atoms with Gasteiger partial charge < -0.3 is 4.74 Å². The number of hydrogen-bond donors (Lipinski definition) is 2. The Morgan fingerprint density at radius 3 is 1.29 bits per heavy atom. The van der Waals surface area contributed by atoms with Gasteiger partial charge in [-0.1, -0.05) is 39.5 Å². The largest absolute Gasteiger partial charge is 0.457 e. The SMILES string of the molecule is CC1CCCCC1NS(=O)(=O)c1ccc(Oc2ccc(S(=O)(=O)NC3CCCCC3C)cc2)cc1. The van der Waals surface area contributed by atoms with E-state index in [0.29, 0.717) is 23.3 Å². The highest BCUT2D eigenvalue weighted by Crippen LogP contribution is 2.28. The molecule has 2 aromatic rings. The lowest BCUT2D eigenvalue weighted by atomic mass is 9.87. The van der Waals surface area contributed by atoms with Crippen LogP contribution < -0.4 is 14.2 Å². The third kappa shape index (κ3) is 6.64. The van der Waals surface area contributed by atoms with Crippen molar-refractivity contribution >= 4 is 20.0 Å². The van der Waals surface area contributed by atoms with Gasteiger partial charge in [0.1, 0.15) is 11.5 Å². The summed E-state index contributed by atoms with van der Waals surface area (Å²) >= 11 is 0. The lowest BCUT2D eigenvalue weighted by Gasteiger charge is -2.29. The molecule has 0 aromatic heterocycles. The molecule has 4 rings (SSSR count). The van der Waals surface area contributed by atoms with E-state index in [4.69, 9.17) is 4.74 Å². The Labute approximate surface area is 209 Å². The number of nitrogens with one attached hydrogen (secondary N) is 2. The molecular formula is C26H36N2O5S2. The van der Waals surface area contributed by atoms with Gasteiger partial charge in [0, 0.05) is 12.1 Å². The summed E-state index contributed by atoms with van der Waals surface area (Å²) in [5.41, 5.74) is 0. The molecule has 2 aliphatic carbocycles. The van der Waals surface area contributed by atoms with Crippen molar-refractivity contribution in [3.8, 4) is 11.5 Å². The fraction of sp³-hybridized carbons (Fsp3) is 0.538. The average molecular weight is 521 g/mol. The molecule has 192 valence electrons. The van der Waals surface area contributed by atoms with Gasteiger partial charge in [-0.25, -0.2) is 26.3 Å². The lowest BCUT2D eigenvalue weighted by Crippen LogP contribution is -2.40. The Morgan fingerprint density at radius 2 is 0.943 bits per heavy atom. The van der Waals surface area contributed by atoms with Gasteiger partial charge >= 0.3 is 0 Å². The minimum Gasteiger partial charge on any atom is -0.457 e. The van der Waals surface area contributed by atoms with Crippen molar-refractivity contribution in [3.05, 3.63) is 48.5 Å². The molecule has 35 heavy (non-hydrogen) atoms. The van der Waals surface area contributed by atoms with Gasteiger partial charge in [0.2, 0.25) is 20.0 Å². The number of sulfonamides is 2. The molecule has 0 aliphatic heterocycles. The monoisotopic (exact) mass is 520 g/mol. The summed E-state index contributed by atoms with van der Waals surface area (Å²) in [4.78, 5) is 0.402. The molecule has 4 atom stereocenters. The molecule has 2 aliphatic rings. The van der Waals surface area contributed by atoms with Crippen molar-refractivity contribution in [1.82, 2.24) is 9.44 Å². The zero-order valence-electron chi connectivity index (χ0n) is 20.4. The van der Waals surface area contributed by atoms with E-state index >= 15 is 0 Å². The Hall–Kier alpha value is -1.94. The second-order valence-corrected chi connectivity index (χ2v) is 13.5. The third-order valence-corrected chi connectivity index (χ3v) is 10.4. The van der Waals surface area contributed by atoms with E-state index in [1.807, 2.05) is 0 Å². The maximum Gasteiger partial charge on any atom is 0.240 e. The molecule has 0 radical (unpaired) electrons. The molecule has 4 unspecified atom stereocenters. The van der Waals surface area contributed by atoms with Crippen molar-refractivity contribution in [2.24, 2.45) is 11.8 Å². The van der Waals surface area contributed by atoms with E-state index < -0.39 is 20.0 Å². The van der Waals surface area contributed by atoms with E-state index in [0.717, 1.165) is 51.4 Å². The zero-order chi connectivity index (χ0) is 25.1. The molecule has 2 aromatic carbocycles. The molecule has 0 amide bonds. The van der Waals surface area contributed by atoms with Crippen molar-refractivity contribution in [1.29, 1.82) is 0 Å². The summed E-state index contributed by atoms with van der Waals surface area (Å²) in [6, 6.07) is 12.5. The van der Waals surface area contributed by atoms with Crippen molar-refractivity contribution < 1.29 is 21.6 Å². The van der Waals surface area contributed by atoms with Crippen LogP contribution in [0.1, 0.15) is 65.2 Å². The van der Waals surface area contributed by atoms with Crippen LogP contribution >= 0.6 is 0 Å².